The average Bonchev–Trinajstić information content (AvgIpc) is 3.77. The van der Waals surface area contributed by atoms with Gasteiger partial charge in [0.15, 0.2) is 5.82 Å². The fourth-order valence-corrected chi connectivity index (χ4v) is 9.07. The van der Waals surface area contributed by atoms with Gasteiger partial charge >= 0.3 is 12.1 Å². The van der Waals surface area contributed by atoms with Gasteiger partial charge in [-0.25, -0.2) is 9.18 Å². The second-order valence-electron chi connectivity index (χ2n) is 13.5. The summed E-state index contributed by atoms with van der Waals surface area (Å²) in [5.41, 5.74) is 0.227. The molecule has 6 heterocycles. The maximum Gasteiger partial charge on any atom is 0.407 e. The number of hydrogen-bond donors (Lipinski definition) is 2. The molecule has 4 aliphatic heterocycles. The van der Waals surface area contributed by atoms with E-state index in [0.29, 0.717) is 43.0 Å². The summed E-state index contributed by atoms with van der Waals surface area (Å²) in [6, 6.07) is 10.9. The average molecular weight is 611 g/mol. The van der Waals surface area contributed by atoms with Gasteiger partial charge in [0.25, 0.3) is 0 Å². The number of aromatic hydroxyl groups is 1. The van der Waals surface area contributed by atoms with Crippen LogP contribution in [0.15, 0.2) is 42.6 Å². The zero-order valence-corrected chi connectivity index (χ0v) is 25.0. The first kappa shape index (κ1) is 27.1. The van der Waals surface area contributed by atoms with Gasteiger partial charge in [-0.1, -0.05) is 24.3 Å². The standard InChI is InChI=1S/C34H35FN6O4/c35-27-28(25-14-23(42)13-20-5-1-2-6-24(20)25)36-15-26-29(27)38-31(44-19-33-9-3-11-41(33)12-4-10-33)39-30(26)40-16-21-7-8-22(17-40)34(21)18-37-32(43)45-34/h1-2,5-6,13-15,21-22,42H,3-4,7-12,16-19H2,(H,37,43). The summed E-state index contributed by atoms with van der Waals surface area (Å²) >= 11 is 0. The van der Waals surface area contributed by atoms with Gasteiger partial charge in [0.05, 0.1) is 17.5 Å². The molecule has 232 valence electrons. The summed E-state index contributed by atoms with van der Waals surface area (Å²) in [5, 5.41) is 15.5. The number of phenolic OH excluding ortho intramolecular Hbond substituents is 1. The Morgan fingerprint density at radius 1 is 1.07 bits per heavy atom. The molecule has 11 heteroatoms. The minimum absolute atomic E-state index is 0.0170. The molecule has 2 N–H and O–H groups in total. The van der Waals surface area contributed by atoms with E-state index in [1.807, 2.05) is 24.3 Å². The number of anilines is 1. The predicted molar refractivity (Wildman–Crippen MR) is 166 cm³/mol. The number of hydrogen-bond acceptors (Lipinski definition) is 9. The van der Waals surface area contributed by atoms with Gasteiger partial charge in [-0.05, 0) is 74.5 Å². The van der Waals surface area contributed by atoms with Crippen LogP contribution in [0.3, 0.4) is 0 Å². The van der Waals surface area contributed by atoms with Crippen LogP contribution in [0.25, 0.3) is 32.9 Å². The number of benzene rings is 2. The summed E-state index contributed by atoms with van der Waals surface area (Å²) in [5.74, 6) is 0.303. The third-order valence-electron chi connectivity index (χ3n) is 11.2. The number of nitrogens with zero attached hydrogens (tertiary/aromatic N) is 5. The number of fused-ring (bicyclic) bond motifs is 3. The van der Waals surface area contributed by atoms with Crippen LogP contribution in [0.4, 0.5) is 15.0 Å². The molecule has 10 nitrogen and oxygen atoms in total. The Morgan fingerprint density at radius 3 is 2.60 bits per heavy atom. The topological polar surface area (TPSA) is 113 Å². The minimum Gasteiger partial charge on any atom is -0.508 e. The lowest BCUT2D eigenvalue weighted by molar-refractivity contribution is -0.0182. The van der Waals surface area contributed by atoms with Crippen molar-refractivity contribution in [3.05, 3.63) is 48.4 Å². The molecule has 45 heavy (non-hydrogen) atoms. The molecule has 1 spiro atoms. The SMILES string of the molecule is O=C1NCC2(O1)C1CCC2CN(c2nc(OCC34CCCN3CCC4)nc3c(F)c(-c4cc(O)cc5ccccc45)ncc23)C1. The van der Waals surface area contributed by atoms with Gasteiger partial charge in [0.1, 0.15) is 35.0 Å². The van der Waals surface area contributed by atoms with Crippen molar-refractivity contribution in [2.75, 3.05) is 44.2 Å². The highest BCUT2D eigenvalue weighted by atomic mass is 19.1. The number of nitrogens with one attached hydrogen (secondary N) is 1. The number of pyridine rings is 1. The van der Waals surface area contributed by atoms with Crippen LogP contribution in [0.5, 0.6) is 11.8 Å². The van der Waals surface area contributed by atoms with Crippen LogP contribution < -0.4 is 15.0 Å². The normalized spacial score (nSPS) is 27.0. The highest BCUT2D eigenvalue weighted by Gasteiger charge is 2.59. The van der Waals surface area contributed by atoms with Gasteiger partial charge in [-0.15, -0.1) is 0 Å². The molecule has 2 aromatic heterocycles. The summed E-state index contributed by atoms with van der Waals surface area (Å²) < 4.78 is 29.1. The second-order valence-corrected chi connectivity index (χ2v) is 13.5. The quantitative estimate of drug-likeness (QED) is 0.322. The van der Waals surface area contributed by atoms with Gasteiger partial charge in [0, 0.05) is 36.7 Å². The Labute approximate surface area is 259 Å². The van der Waals surface area contributed by atoms with E-state index in [1.165, 1.54) is 0 Å². The fraction of sp³-hybridized carbons (Fsp3) is 0.471. The molecular weight excluding hydrogens is 575 g/mol. The maximum absolute atomic E-state index is 16.8. The largest absolute Gasteiger partial charge is 0.508 e. The number of aromatic nitrogens is 3. The van der Waals surface area contributed by atoms with Gasteiger partial charge < -0.3 is 24.8 Å². The van der Waals surface area contributed by atoms with Crippen molar-refractivity contribution >= 4 is 33.6 Å². The van der Waals surface area contributed by atoms with Gasteiger partial charge in [-0.3, -0.25) is 9.88 Å². The van der Waals surface area contributed by atoms with Crippen LogP contribution in [0.2, 0.25) is 0 Å². The summed E-state index contributed by atoms with van der Waals surface area (Å²) in [4.78, 5) is 31.0. The molecule has 2 bridgehead atoms. The van der Waals surface area contributed by atoms with E-state index in [0.717, 1.165) is 62.4 Å². The molecule has 1 aliphatic carbocycles. The monoisotopic (exact) mass is 610 g/mol. The van der Waals surface area contributed by atoms with Crippen molar-refractivity contribution in [2.45, 2.75) is 49.7 Å². The van der Waals surface area contributed by atoms with Crippen molar-refractivity contribution < 1.29 is 23.8 Å². The Hall–Kier alpha value is -4.25. The minimum atomic E-state index is -0.580. The Balaban J connectivity index is 1.15. The number of ether oxygens (including phenoxy) is 2. The smallest absolute Gasteiger partial charge is 0.407 e. The van der Waals surface area contributed by atoms with Crippen molar-refractivity contribution in [1.29, 1.82) is 0 Å². The van der Waals surface area contributed by atoms with Crippen molar-refractivity contribution in [3.8, 4) is 23.0 Å². The lowest BCUT2D eigenvalue weighted by Gasteiger charge is -2.44. The number of amides is 1. The second kappa shape index (κ2) is 9.87. The number of alkyl carbamates (subject to hydrolysis) is 1. The number of carbonyl (C=O) groups is 1. The van der Waals surface area contributed by atoms with E-state index >= 15 is 4.39 Å². The molecule has 2 atom stereocenters. The van der Waals surface area contributed by atoms with Crippen LogP contribution in [0.1, 0.15) is 38.5 Å². The number of halogens is 1. The molecular formula is C34H35FN6O4. The van der Waals surface area contributed by atoms with Gasteiger partial charge in [0.2, 0.25) is 0 Å². The first-order valence-electron chi connectivity index (χ1n) is 16.1. The molecule has 9 rings (SSSR count). The van der Waals surface area contributed by atoms with Gasteiger partial charge in [-0.2, -0.15) is 9.97 Å². The third kappa shape index (κ3) is 4.09. The number of rotatable bonds is 5. The first-order valence-corrected chi connectivity index (χ1v) is 16.1. The van der Waals surface area contributed by atoms with Crippen LogP contribution in [-0.4, -0.2) is 81.5 Å². The highest BCUT2D eigenvalue weighted by molar-refractivity contribution is 6.00. The molecule has 5 fully saturated rings. The molecule has 4 aromatic rings. The van der Waals surface area contributed by atoms with E-state index in [-0.39, 0.29) is 46.4 Å². The number of carbonyl (C=O) groups excluding carboxylic acids is 1. The Kier molecular flexibility index (Phi) is 5.94. The first-order chi connectivity index (χ1) is 21.9. The fourth-order valence-electron chi connectivity index (χ4n) is 9.07. The third-order valence-corrected chi connectivity index (χ3v) is 11.2. The summed E-state index contributed by atoms with van der Waals surface area (Å²) in [6.07, 6.45) is 7.62. The maximum atomic E-state index is 16.8. The molecule has 4 saturated heterocycles. The lowest BCUT2D eigenvalue weighted by atomic mass is 9.80. The van der Waals surface area contributed by atoms with Crippen LogP contribution in [-0.2, 0) is 4.74 Å². The number of piperidine rings is 1. The van der Waals surface area contributed by atoms with E-state index < -0.39 is 11.4 Å². The zero-order valence-electron chi connectivity index (χ0n) is 25.0. The Bertz CT molecular complexity index is 1840. The van der Waals surface area contributed by atoms with E-state index in [9.17, 15) is 9.90 Å². The number of phenols is 1. The van der Waals surface area contributed by atoms with E-state index in [1.54, 1.807) is 18.3 Å². The van der Waals surface area contributed by atoms with Crippen molar-refractivity contribution in [1.82, 2.24) is 25.2 Å². The lowest BCUT2D eigenvalue weighted by Crippen LogP contribution is -2.56. The molecule has 2 unspecified atom stereocenters. The molecule has 2 aromatic carbocycles. The molecule has 5 aliphatic rings. The van der Waals surface area contributed by atoms with Crippen molar-refractivity contribution in [3.63, 3.8) is 0 Å². The molecule has 1 saturated carbocycles. The molecule has 0 radical (unpaired) electrons. The van der Waals surface area contributed by atoms with Crippen molar-refractivity contribution in [2.24, 2.45) is 11.8 Å². The summed E-state index contributed by atoms with van der Waals surface area (Å²) in [6.45, 7) is 4.37. The zero-order chi connectivity index (χ0) is 30.3. The predicted octanol–water partition coefficient (Wildman–Crippen LogP) is 5.02. The molecule has 1 amide bonds. The van der Waals surface area contributed by atoms with Crippen LogP contribution >= 0.6 is 0 Å². The van der Waals surface area contributed by atoms with Crippen LogP contribution in [0, 0.1) is 17.7 Å². The Morgan fingerprint density at radius 2 is 1.84 bits per heavy atom. The van der Waals surface area contributed by atoms with E-state index in [2.05, 4.69) is 25.1 Å². The van der Waals surface area contributed by atoms with E-state index in [4.69, 9.17) is 14.5 Å². The highest BCUT2D eigenvalue weighted by Crippen LogP contribution is 2.50. The summed E-state index contributed by atoms with van der Waals surface area (Å²) in [7, 11) is 0.